The van der Waals surface area contributed by atoms with Crippen molar-refractivity contribution in [3.05, 3.63) is 76.0 Å². The first-order valence-corrected chi connectivity index (χ1v) is 8.72. The third-order valence-electron chi connectivity index (χ3n) is 3.71. The van der Waals surface area contributed by atoms with Gasteiger partial charge >= 0.3 is 5.97 Å². The molecule has 1 heterocycles. The normalized spacial score (nSPS) is 10.8. The number of halogens is 4. The predicted octanol–water partition coefficient (Wildman–Crippen LogP) is 5.20. The molecule has 0 saturated carbocycles. The smallest absolute Gasteiger partial charge is 0.306 e. The van der Waals surface area contributed by atoms with Crippen molar-refractivity contribution >= 4 is 21.9 Å². The SMILES string of the molecule is O=C(CCc1ncc(-c2c(F)cccc2F)o1)OCc1ccc(F)cc1Br. The molecule has 0 aliphatic heterocycles. The molecule has 0 bridgehead atoms. The fourth-order valence-electron chi connectivity index (χ4n) is 2.35. The van der Waals surface area contributed by atoms with Crippen LogP contribution in [0.1, 0.15) is 17.9 Å². The maximum Gasteiger partial charge on any atom is 0.306 e. The topological polar surface area (TPSA) is 52.3 Å². The molecule has 4 nitrogen and oxygen atoms in total. The van der Waals surface area contributed by atoms with Gasteiger partial charge in [-0.25, -0.2) is 18.2 Å². The highest BCUT2D eigenvalue weighted by molar-refractivity contribution is 9.10. The van der Waals surface area contributed by atoms with Gasteiger partial charge in [-0.15, -0.1) is 0 Å². The standard InChI is InChI=1S/C19H13BrF3NO3/c20-13-8-12(21)5-4-11(13)10-26-18(25)7-6-17-24-9-16(27-17)19-14(22)2-1-3-15(19)23/h1-5,8-9H,6-7,10H2. The van der Waals surface area contributed by atoms with E-state index < -0.39 is 23.4 Å². The second kappa shape index (κ2) is 8.39. The van der Waals surface area contributed by atoms with Crippen molar-refractivity contribution in [1.82, 2.24) is 4.98 Å². The van der Waals surface area contributed by atoms with Crippen molar-refractivity contribution in [2.45, 2.75) is 19.4 Å². The van der Waals surface area contributed by atoms with Crippen LogP contribution >= 0.6 is 15.9 Å². The molecule has 0 aliphatic carbocycles. The summed E-state index contributed by atoms with van der Waals surface area (Å²) in [6, 6.07) is 7.54. The van der Waals surface area contributed by atoms with Crippen molar-refractivity contribution in [3.8, 4) is 11.3 Å². The lowest BCUT2D eigenvalue weighted by molar-refractivity contribution is -0.145. The van der Waals surface area contributed by atoms with Gasteiger partial charge in [0.05, 0.1) is 18.2 Å². The molecule has 0 N–H and O–H groups in total. The van der Waals surface area contributed by atoms with Crippen LogP contribution in [0.2, 0.25) is 0 Å². The van der Waals surface area contributed by atoms with Gasteiger partial charge in [-0.2, -0.15) is 0 Å². The van der Waals surface area contributed by atoms with E-state index in [1.54, 1.807) is 0 Å². The number of hydrogen-bond acceptors (Lipinski definition) is 4. The lowest BCUT2D eigenvalue weighted by atomic mass is 10.1. The van der Waals surface area contributed by atoms with Gasteiger partial charge in [-0.3, -0.25) is 4.79 Å². The molecule has 0 aliphatic rings. The minimum absolute atomic E-state index is 0.0169. The first-order valence-electron chi connectivity index (χ1n) is 7.92. The van der Waals surface area contributed by atoms with E-state index in [4.69, 9.17) is 9.15 Å². The molecule has 3 rings (SSSR count). The average Bonchev–Trinajstić information content (AvgIpc) is 3.07. The second-order valence-electron chi connectivity index (χ2n) is 5.61. The zero-order valence-corrected chi connectivity index (χ0v) is 15.4. The van der Waals surface area contributed by atoms with E-state index in [2.05, 4.69) is 20.9 Å². The number of carbonyl (C=O) groups excluding carboxylic acids is 1. The van der Waals surface area contributed by atoms with E-state index in [1.807, 2.05) is 0 Å². The Hall–Kier alpha value is -2.61. The first-order chi connectivity index (χ1) is 12.9. The maximum absolute atomic E-state index is 13.7. The van der Waals surface area contributed by atoms with Crippen LogP contribution in [-0.4, -0.2) is 11.0 Å². The monoisotopic (exact) mass is 439 g/mol. The average molecular weight is 440 g/mol. The zero-order chi connectivity index (χ0) is 19.4. The van der Waals surface area contributed by atoms with Crippen molar-refractivity contribution in [1.29, 1.82) is 0 Å². The van der Waals surface area contributed by atoms with Gasteiger partial charge in [0, 0.05) is 16.5 Å². The maximum atomic E-state index is 13.7. The Morgan fingerprint density at radius 1 is 1.15 bits per heavy atom. The van der Waals surface area contributed by atoms with Crippen LogP contribution in [0.4, 0.5) is 13.2 Å². The van der Waals surface area contributed by atoms with Crippen LogP contribution in [0, 0.1) is 17.5 Å². The van der Waals surface area contributed by atoms with Gasteiger partial charge in [0.1, 0.15) is 24.1 Å². The highest BCUT2D eigenvalue weighted by atomic mass is 79.9. The molecule has 0 atom stereocenters. The van der Waals surface area contributed by atoms with E-state index in [-0.39, 0.29) is 36.7 Å². The molecule has 27 heavy (non-hydrogen) atoms. The molecule has 0 spiro atoms. The number of hydrogen-bond donors (Lipinski definition) is 0. The molecule has 3 aromatic rings. The molecule has 1 aromatic heterocycles. The molecule has 0 amide bonds. The molecule has 140 valence electrons. The van der Waals surface area contributed by atoms with Gasteiger partial charge in [0.2, 0.25) is 0 Å². The van der Waals surface area contributed by atoms with Crippen molar-refractivity contribution in [2.24, 2.45) is 0 Å². The van der Waals surface area contributed by atoms with Crippen LogP contribution < -0.4 is 0 Å². The summed E-state index contributed by atoms with van der Waals surface area (Å²) in [5.74, 6) is -2.33. The molecule has 8 heteroatoms. The number of aromatic nitrogens is 1. The number of esters is 1. The number of nitrogens with zero attached hydrogens (tertiary/aromatic N) is 1. The number of oxazole rings is 1. The molecular formula is C19H13BrF3NO3. The lowest BCUT2D eigenvalue weighted by Crippen LogP contribution is -2.06. The first kappa shape index (κ1) is 19.2. The summed E-state index contributed by atoms with van der Waals surface area (Å²) >= 11 is 3.19. The number of ether oxygens (including phenoxy) is 1. The molecule has 0 saturated heterocycles. The molecule has 2 aromatic carbocycles. The van der Waals surface area contributed by atoms with E-state index >= 15 is 0 Å². The highest BCUT2D eigenvalue weighted by Gasteiger charge is 2.16. The Morgan fingerprint density at radius 2 is 1.89 bits per heavy atom. The number of carbonyl (C=O) groups is 1. The molecule has 0 unspecified atom stereocenters. The second-order valence-corrected chi connectivity index (χ2v) is 6.47. The van der Waals surface area contributed by atoms with Crippen LogP contribution in [0.15, 0.2) is 51.5 Å². The van der Waals surface area contributed by atoms with Gasteiger partial charge in [-0.05, 0) is 24.3 Å². The largest absolute Gasteiger partial charge is 0.461 e. The van der Waals surface area contributed by atoms with E-state index in [0.717, 1.165) is 12.1 Å². The molecular weight excluding hydrogens is 427 g/mol. The van der Waals surface area contributed by atoms with Crippen molar-refractivity contribution in [2.75, 3.05) is 0 Å². The quantitative estimate of drug-likeness (QED) is 0.495. The third-order valence-corrected chi connectivity index (χ3v) is 4.45. The fraction of sp³-hybridized carbons (Fsp3) is 0.158. The number of rotatable bonds is 6. The molecule has 0 radical (unpaired) electrons. The Kier molecular flexibility index (Phi) is 5.95. The number of aryl methyl sites for hydroxylation is 1. The summed E-state index contributed by atoms with van der Waals surface area (Å²) in [5, 5.41) is 0. The summed E-state index contributed by atoms with van der Waals surface area (Å²) in [5.41, 5.74) is 0.318. The Bertz CT molecular complexity index is 954. The predicted molar refractivity (Wildman–Crippen MR) is 94.1 cm³/mol. The lowest BCUT2D eigenvalue weighted by Gasteiger charge is -2.06. The summed E-state index contributed by atoms with van der Waals surface area (Å²) < 4.78 is 51.5. The summed E-state index contributed by atoms with van der Waals surface area (Å²) in [6.07, 6.45) is 1.29. The van der Waals surface area contributed by atoms with Crippen LogP contribution in [0.3, 0.4) is 0 Å². The van der Waals surface area contributed by atoms with Gasteiger partial charge < -0.3 is 9.15 Å². The van der Waals surface area contributed by atoms with E-state index in [0.29, 0.717) is 10.0 Å². The Balaban J connectivity index is 1.56. The zero-order valence-electron chi connectivity index (χ0n) is 13.8. The Labute approximate surface area is 161 Å². The van der Waals surface area contributed by atoms with Crippen molar-refractivity contribution < 1.29 is 27.1 Å². The summed E-state index contributed by atoms with van der Waals surface area (Å²) in [7, 11) is 0. The van der Waals surface area contributed by atoms with E-state index in [1.165, 1.54) is 30.5 Å². The van der Waals surface area contributed by atoms with Crippen LogP contribution in [0.25, 0.3) is 11.3 Å². The summed E-state index contributed by atoms with van der Waals surface area (Å²) in [4.78, 5) is 15.8. The summed E-state index contributed by atoms with van der Waals surface area (Å²) in [6.45, 7) is -0.0169. The van der Waals surface area contributed by atoms with Crippen LogP contribution in [-0.2, 0) is 22.6 Å². The number of benzene rings is 2. The van der Waals surface area contributed by atoms with Gasteiger partial charge in [0.25, 0.3) is 0 Å². The minimum Gasteiger partial charge on any atom is -0.461 e. The molecule has 0 fully saturated rings. The van der Waals surface area contributed by atoms with Gasteiger partial charge in [0.15, 0.2) is 11.7 Å². The third kappa shape index (κ3) is 4.77. The van der Waals surface area contributed by atoms with Gasteiger partial charge in [-0.1, -0.05) is 28.1 Å². The minimum atomic E-state index is -0.762. The van der Waals surface area contributed by atoms with Crippen molar-refractivity contribution in [3.63, 3.8) is 0 Å². The van der Waals surface area contributed by atoms with E-state index in [9.17, 15) is 18.0 Å². The van der Waals surface area contributed by atoms with Crippen LogP contribution in [0.5, 0.6) is 0 Å². The highest BCUT2D eigenvalue weighted by Crippen LogP contribution is 2.27. The Morgan fingerprint density at radius 3 is 2.59 bits per heavy atom. The fourth-order valence-corrected chi connectivity index (χ4v) is 2.82.